The minimum atomic E-state index is -0.0171. The van der Waals surface area contributed by atoms with E-state index in [1.165, 1.54) is 0 Å². The first-order valence-corrected chi connectivity index (χ1v) is 7.79. The second-order valence-electron chi connectivity index (χ2n) is 5.93. The van der Waals surface area contributed by atoms with Crippen molar-refractivity contribution >= 4 is 5.91 Å². The van der Waals surface area contributed by atoms with Crippen LogP contribution >= 0.6 is 0 Å². The number of aromatic hydroxyl groups is 1. The number of aryl methyl sites for hydroxylation is 1. The van der Waals surface area contributed by atoms with Gasteiger partial charge in [-0.25, -0.2) is 0 Å². The number of hydrogen-bond donors (Lipinski definition) is 1. The van der Waals surface area contributed by atoms with Gasteiger partial charge in [0.1, 0.15) is 11.5 Å². The topological polar surface area (TPSA) is 53.7 Å². The maximum absolute atomic E-state index is 12.7. The first-order chi connectivity index (χ1) is 10.6. The fraction of sp³-hybridized carbons (Fsp3) is 0.389. The third kappa shape index (κ3) is 3.16. The summed E-state index contributed by atoms with van der Waals surface area (Å²) >= 11 is 0. The van der Waals surface area contributed by atoms with Crippen LogP contribution in [0.25, 0.3) is 0 Å². The smallest absolute Gasteiger partial charge is 0.289 e. The van der Waals surface area contributed by atoms with Crippen LogP contribution in [0, 0.1) is 6.92 Å². The summed E-state index contributed by atoms with van der Waals surface area (Å²) in [5, 5.41) is 9.38. The molecular formula is C18H21NO3. The van der Waals surface area contributed by atoms with Gasteiger partial charge in [-0.2, -0.15) is 0 Å². The number of amides is 1. The molecule has 0 spiro atoms. The Morgan fingerprint density at radius 1 is 1.23 bits per heavy atom. The SMILES string of the molecule is Cc1ccc(C(=O)N2CCCCC2Cc2ccc(O)cc2)o1. The first-order valence-electron chi connectivity index (χ1n) is 7.79. The summed E-state index contributed by atoms with van der Waals surface area (Å²) in [6, 6.07) is 11.0. The Balaban J connectivity index is 1.76. The minimum absolute atomic E-state index is 0.0171. The molecule has 1 atom stereocenters. The van der Waals surface area contributed by atoms with Crippen LogP contribution in [0.5, 0.6) is 5.75 Å². The number of carbonyl (C=O) groups excluding carboxylic acids is 1. The van der Waals surface area contributed by atoms with Crippen molar-refractivity contribution in [2.75, 3.05) is 6.54 Å². The monoisotopic (exact) mass is 299 g/mol. The van der Waals surface area contributed by atoms with E-state index >= 15 is 0 Å². The maximum Gasteiger partial charge on any atom is 0.289 e. The van der Waals surface area contributed by atoms with E-state index in [0.717, 1.165) is 43.6 Å². The molecular weight excluding hydrogens is 278 g/mol. The summed E-state index contributed by atoms with van der Waals surface area (Å²) in [5.74, 6) is 1.44. The lowest BCUT2D eigenvalue weighted by Crippen LogP contribution is -2.44. The van der Waals surface area contributed by atoms with E-state index in [0.29, 0.717) is 5.76 Å². The summed E-state index contributed by atoms with van der Waals surface area (Å²) in [7, 11) is 0. The second-order valence-corrected chi connectivity index (χ2v) is 5.93. The molecule has 1 aliphatic rings. The van der Waals surface area contributed by atoms with Gasteiger partial charge in [0.25, 0.3) is 5.91 Å². The van der Waals surface area contributed by atoms with Crippen molar-refractivity contribution in [3.63, 3.8) is 0 Å². The average molecular weight is 299 g/mol. The van der Waals surface area contributed by atoms with Crippen molar-refractivity contribution in [1.29, 1.82) is 0 Å². The van der Waals surface area contributed by atoms with Crippen molar-refractivity contribution < 1.29 is 14.3 Å². The predicted molar refractivity (Wildman–Crippen MR) is 83.9 cm³/mol. The zero-order valence-corrected chi connectivity index (χ0v) is 12.8. The van der Waals surface area contributed by atoms with Crippen molar-refractivity contribution in [1.82, 2.24) is 4.90 Å². The zero-order chi connectivity index (χ0) is 15.5. The molecule has 3 rings (SSSR count). The standard InChI is InChI=1S/C18H21NO3/c1-13-5-10-17(22-13)18(21)19-11-3-2-4-15(19)12-14-6-8-16(20)9-7-14/h5-10,15,20H,2-4,11-12H2,1H3. The van der Waals surface area contributed by atoms with Gasteiger partial charge in [-0.3, -0.25) is 4.79 Å². The number of hydrogen-bond acceptors (Lipinski definition) is 3. The molecule has 1 N–H and O–H groups in total. The Kier molecular flexibility index (Phi) is 4.18. The Labute approximate surface area is 130 Å². The molecule has 4 heteroatoms. The van der Waals surface area contributed by atoms with Gasteiger partial charge in [0.05, 0.1) is 0 Å². The summed E-state index contributed by atoms with van der Waals surface area (Å²) in [6.07, 6.45) is 4.00. The summed E-state index contributed by atoms with van der Waals surface area (Å²) in [6.45, 7) is 2.63. The van der Waals surface area contributed by atoms with Crippen LogP contribution in [0.3, 0.4) is 0 Å². The highest BCUT2D eigenvalue weighted by Crippen LogP contribution is 2.24. The number of rotatable bonds is 3. The van der Waals surface area contributed by atoms with E-state index in [9.17, 15) is 9.90 Å². The molecule has 1 fully saturated rings. The van der Waals surface area contributed by atoms with Gasteiger partial charge in [-0.1, -0.05) is 12.1 Å². The Morgan fingerprint density at radius 3 is 2.68 bits per heavy atom. The third-order valence-corrected chi connectivity index (χ3v) is 4.25. The average Bonchev–Trinajstić information content (AvgIpc) is 2.96. The molecule has 4 nitrogen and oxygen atoms in total. The molecule has 0 aliphatic carbocycles. The normalized spacial score (nSPS) is 18.4. The van der Waals surface area contributed by atoms with Crippen molar-refractivity contribution in [3.8, 4) is 5.75 Å². The number of carbonyl (C=O) groups is 1. The molecule has 1 aliphatic heterocycles. The number of benzene rings is 1. The second kappa shape index (κ2) is 6.26. The summed E-state index contributed by atoms with van der Waals surface area (Å²) in [5.41, 5.74) is 1.14. The van der Waals surface area contributed by atoms with Crippen LogP contribution in [-0.2, 0) is 6.42 Å². The van der Waals surface area contributed by atoms with E-state index in [4.69, 9.17) is 4.42 Å². The largest absolute Gasteiger partial charge is 0.508 e. The number of likely N-dealkylation sites (tertiary alicyclic amines) is 1. The van der Waals surface area contributed by atoms with Gasteiger partial charge in [-0.15, -0.1) is 0 Å². The molecule has 1 saturated heterocycles. The molecule has 1 aromatic carbocycles. The quantitative estimate of drug-likeness (QED) is 0.943. The van der Waals surface area contributed by atoms with E-state index in [-0.39, 0.29) is 17.7 Å². The van der Waals surface area contributed by atoms with Crippen LogP contribution in [-0.4, -0.2) is 28.5 Å². The minimum Gasteiger partial charge on any atom is -0.508 e. The lowest BCUT2D eigenvalue weighted by atomic mass is 9.95. The highest BCUT2D eigenvalue weighted by Gasteiger charge is 2.29. The number of phenols is 1. The van der Waals surface area contributed by atoms with Crippen LogP contribution in [0.2, 0.25) is 0 Å². The summed E-state index contributed by atoms with van der Waals surface area (Å²) in [4.78, 5) is 14.6. The molecule has 22 heavy (non-hydrogen) atoms. The van der Waals surface area contributed by atoms with Crippen LogP contribution in [0.1, 0.15) is 41.1 Å². The Morgan fingerprint density at radius 2 is 2.00 bits per heavy atom. The van der Waals surface area contributed by atoms with E-state index in [1.54, 1.807) is 18.2 Å². The lowest BCUT2D eigenvalue weighted by molar-refractivity contribution is 0.0579. The number of piperidine rings is 1. The molecule has 0 saturated carbocycles. The zero-order valence-electron chi connectivity index (χ0n) is 12.8. The Bertz CT molecular complexity index is 645. The lowest BCUT2D eigenvalue weighted by Gasteiger charge is -2.35. The van der Waals surface area contributed by atoms with Gasteiger partial charge >= 0.3 is 0 Å². The number of furan rings is 1. The van der Waals surface area contributed by atoms with Gasteiger partial charge in [-0.05, 0) is 62.4 Å². The predicted octanol–water partition coefficient (Wildman–Crippen LogP) is 3.53. The highest BCUT2D eigenvalue weighted by atomic mass is 16.3. The molecule has 2 heterocycles. The molecule has 116 valence electrons. The van der Waals surface area contributed by atoms with Gasteiger partial charge in [0, 0.05) is 12.6 Å². The van der Waals surface area contributed by atoms with Crippen molar-refractivity contribution in [3.05, 3.63) is 53.5 Å². The van der Waals surface area contributed by atoms with E-state index in [1.807, 2.05) is 30.0 Å². The molecule has 1 aromatic heterocycles. The van der Waals surface area contributed by atoms with Crippen molar-refractivity contribution in [2.45, 2.75) is 38.6 Å². The third-order valence-electron chi connectivity index (χ3n) is 4.25. The van der Waals surface area contributed by atoms with Gasteiger partial charge in [0.15, 0.2) is 5.76 Å². The molecule has 2 aromatic rings. The Hall–Kier alpha value is -2.23. The molecule has 1 unspecified atom stereocenters. The fourth-order valence-corrected chi connectivity index (χ4v) is 3.08. The van der Waals surface area contributed by atoms with Crippen LogP contribution < -0.4 is 0 Å². The van der Waals surface area contributed by atoms with E-state index < -0.39 is 0 Å². The first kappa shape index (κ1) is 14.7. The molecule has 0 radical (unpaired) electrons. The van der Waals surface area contributed by atoms with Gasteiger partial charge in [0.2, 0.25) is 0 Å². The van der Waals surface area contributed by atoms with Crippen molar-refractivity contribution in [2.24, 2.45) is 0 Å². The maximum atomic E-state index is 12.7. The molecule has 1 amide bonds. The number of phenolic OH excluding ortho intramolecular Hbond substituents is 1. The van der Waals surface area contributed by atoms with E-state index in [2.05, 4.69) is 0 Å². The van der Waals surface area contributed by atoms with Gasteiger partial charge < -0.3 is 14.4 Å². The number of nitrogens with zero attached hydrogens (tertiary/aromatic N) is 1. The summed E-state index contributed by atoms with van der Waals surface area (Å²) < 4.78 is 5.49. The van der Waals surface area contributed by atoms with Crippen LogP contribution in [0.4, 0.5) is 0 Å². The fourth-order valence-electron chi connectivity index (χ4n) is 3.08. The highest BCUT2D eigenvalue weighted by molar-refractivity contribution is 5.91. The van der Waals surface area contributed by atoms with Crippen LogP contribution in [0.15, 0.2) is 40.8 Å². The molecule has 0 bridgehead atoms.